The van der Waals surface area contributed by atoms with Crippen molar-refractivity contribution in [2.75, 3.05) is 0 Å². The first-order valence-corrected chi connectivity index (χ1v) is 9.62. The Bertz CT molecular complexity index is 932. The zero-order chi connectivity index (χ0) is 18.3. The molecule has 1 aliphatic carbocycles. The molecule has 0 spiro atoms. The number of nitrogens with two attached hydrogens (primary N) is 1. The van der Waals surface area contributed by atoms with Crippen molar-refractivity contribution < 1.29 is 4.79 Å². The molecule has 0 radical (unpaired) electrons. The number of thioether (sulfide) groups is 1. The molecule has 2 heterocycles. The third kappa shape index (κ3) is 3.17. The molecule has 6 heteroatoms. The van der Waals surface area contributed by atoms with E-state index in [2.05, 4.69) is 4.90 Å². The number of amides is 1. The predicted octanol–water partition coefficient (Wildman–Crippen LogP) is 3.15. The number of carbonyl (C=O) groups excluding carboxylic acids is 1. The van der Waals surface area contributed by atoms with Crippen LogP contribution in [0, 0.1) is 0 Å². The monoisotopic (exact) mass is 367 g/mol. The summed E-state index contributed by atoms with van der Waals surface area (Å²) < 4.78 is 1.69. The summed E-state index contributed by atoms with van der Waals surface area (Å²) in [6.45, 7) is 2.50. The summed E-state index contributed by atoms with van der Waals surface area (Å²) >= 11 is 1.35. The van der Waals surface area contributed by atoms with Gasteiger partial charge < -0.3 is 10.6 Å². The molecular formula is C20H21N3O2S. The molecule has 1 saturated carbocycles. The van der Waals surface area contributed by atoms with E-state index in [1.807, 2.05) is 49.5 Å². The van der Waals surface area contributed by atoms with Crippen molar-refractivity contribution in [2.45, 2.75) is 37.7 Å². The highest BCUT2D eigenvalue weighted by Crippen LogP contribution is 2.45. The molecule has 1 aliphatic heterocycles. The van der Waals surface area contributed by atoms with E-state index in [0.29, 0.717) is 17.4 Å². The van der Waals surface area contributed by atoms with Gasteiger partial charge in [-0.2, -0.15) is 0 Å². The Morgan fingerprint density at radius 1 is 1.23 bits per heavy atom. The van der Waals surface area contributed by atoms with Gasteiger partial charge in [-0.05, 0) is 42.9 Å². The maximum Gasteiger partial charge on any atom is 0.257 e. The molecule has 1 atom stereocenters. The summed E-state index contributed by atoms with van der Waals surface area (Å²) in [6.07, 6.45) is 4.17. The van der Waals surface area contributed by atoms with E-state index in [1.165, 1.54) is 11.8 Å². The normalized spacial score (nSPS) is 19.9. The Kier molecular flexibility index (Phi) is 4.36. The highest BCUT2D eigenvalue weighted by Gasteiger charge is 2.35. The molecule has 1 fully saturated rings. The van der Waals surface area contributed by atoms with Crippen molar-refractivity contribution in [3.8, 4) is 0 Å². The van der Waals surface area contributed by atoms with Crippen LogP contribution in [0.15, 0.2) is 64.1 Å². The van der Waals surface area contributed by atoms with Crippen LogP contribution in [0.4, 0.5) is 0 Å². The van der Waals surface area contributed by atoms with E-state index in [4.69, 9.17) is 5.73 Å². The largest absolute Gasteiger partial charge is 0.365 e. The zero-order valence-electron chi connectivity index (χ0n) is 14.6. The zero-order valence-corrected chi connectivity index (χ0v) is 15.4. The van der Waals surface area contributed by atoms with Crippen LogP contribution in [0.25, 0.3) is 0 Å². The van der Waals surface area contributed by atoms with Gasteiger partial charge in [-0.15, -0.1) is 0 Å². The van der Waals surface area contributed by atoms with Gasteiger partial charge in [0.1, 0.15) is 0 Å². The van der Waals surface area contributed by atoms with Gasteiger partial charge in [-0.25, -0.2) is 0 Å². The minimum Gasteiger partial charge on any atom is -0.365 e. The third-order valence-corrected chi connectivity index (χ3v) is 6.35. The Hall–Kier alpha value is -2.47. The highest BCUT2D eigenvalue weighted by atomic mass is 32.2. The molecule has 2 N–H and O–H groups in total. The smallest absolute Gasteiger partial charge is 0.257 e. The van der Waals surface area contributed by atoms with Crippen LogP contribution < -0.4 is 11.3 Å². The Morgan fingerprint density at radius 2 is 1.96 bits per heavy atom. The molecule has 4 rings (SSSR count). The van der Waals surface area contributed by atoms with Crippen LogP contribution in [-0.2, 0) is 11.3 Å². The molecule has 1 aromatic carbocycles. The Morgan fingerprint density at radius 3 is 2.58 bits per heavy atom. The summed E-state index contributed by atoms with van der Waals surface area (Å²) in [4.78, 5) is 27.2. The lowest BCUT2D eigenvalue weighted by Gasteiger charge is -2.29. The lowest BCUT2D eigenvalue weighted by atomic mass is 10.2. The first-order chi connectivity index (χ1) is 12.5. The van der Waals surface area contributed by atoms with E-state index in [9.17, 15) is 9.59 Å². The maximum absolute atomic E-state index is 12.7. The number of carbonyl (C=O) groups is 1. The number of benzene rings is 1. The fourth-order valence-corrected chi connectivity index (χ4v) is 4.59. The van der Waals surface area contributed by atoms with Crippen LogP contribution in [0.2, 0.25) is 0 Å². The number of pyridine rings is 1. The van der Waals surface area contributed by atoms with Gasteiger partial charge in [0.2, 0.25) is 0 Å². The van der Waals surface area contributed by atoms with Crippen molar-refractivity contribution in [3.05, 3.63) is 80.7 Å². The van der Waals surface area contributed by atoms with Crippen molar-refractivity contribution in [2.24, 2.45) is 5.73 Å². The summed E-state index contributed by atoms with van der Waals surface area (Å²) in [5, 5.41) is 0. The van der Waals surface area contributed by atoms with Gasteiger partial charge in [0.05, 0.1) is 4.91 Å². The fourth-order valence-electron chi connectivity index (χ4n) is 3.33. The minimum atomic E-state index is -0.448. The van der Waals surface area contributed by atoms with Gasteiger partial charge in [-0.1, -0.05) is 42.1 Å². The minimum absolute atomic E-state index is 0.0384. The summed E-state index contributed by atoms with van der Waals surface area (Å²) in [5.41, 5.74) is 8.26. The lowest BCUT2D eigenvalue weighted by Crippen LogP contribution is -2.32. The Labute approximate surface area is 156 Å². The molecule has 134 valence electrons. The van der Waals surface area contributed by atoms with Crippen molar-refractivity contribution in [3.63, 3.8) is 0 Å². The molecule has 0 saturated heterocycles. The summed E-state index contributed by atoms with van der Waals surface area (Å²) in [5.74, 6) is 0.0887. The third-order valence-electron chi connectivity index (χ3n) is 4.93. The van der Waals surface area contributed by atoms with Crippen molar-refractivity contribution in [1.82, 2.24) is 9.47 Å². The molecule has 5 nitrogen and oxygen atoms in total. The van der Waals surface area contributed by atoms with Crippen molar-refractivity contribution in [1.29, 1.82) is 0 Å². The van der Waals surface area contributed by atoms with E-state index in [-0.39, 0.29) is 11.1 Å². The maximum atomic E-state index is 12.7. The van der Waals surface area contributed by atoms with Crippen LogP contribution >= 0.6 is 11.8 Å². The predicted molar refractivity (Wildman–Crippen MR) is 103 cm³/mol. The molecule has 1 unspecified atom stereocenters. The second-order valence-electron chi connectivity index (χ2n) is 6.82. The lowest BCUT2D eigenvalue weighted by molar-refractivity contribution is -0.114. The van der Waals surface area contributed by atoms with Gasteiger partial charge in [0.15, 0.2) is 5.50 Å². The van der Waals surface area contributed by atoms with Crippen LogP contribution in [0.3, 0.4) is 0 Å². The van der Waals surface area contributed by atoms with Gasteiger partial charge in [-0.3, -0.25) is 14.2 Å². The average molecular weight is 367 g/mol. The molecule has 0 bridgehead atoms. The number of aromatic nitrogens is 1. The van der Waals surface area contributed by atoms with Crippen LogP contribution in [0.5, 0.6) is 0 Å². The van der Waals surface area contributed by atoms with E-state index < -0.39 is 5.91 Å². The van der Waals surface area contributed by atoms with E-state index in [0.717, 1.165) is 29.7 Å². The molecule has 26 heavy (non-hydrogen) atoms. The first-order valence-electron chi connectivity index (χ1n) is 8.74. The number of primary amides is 1. The van der Waals surface area contributed by atoms with E-state index >= 15 is 0 Å². The number of allylic oxidation sites excluding steroid dienone is 1. The summed E-state index contributed by atoms with van der Waals surface area (Å²) in [7, 11) is 0. The SMILES string of the molecule is CC1=C(C(N)=O)SC(n2ccc(C3CC3)cc2=O)N1Cc1ccccc1. The second-order valence-corrected chi connectivity index (χ2v) is 7.88. The first kappa shape index (κ1) is 17.0. The number of hydrogen-bond donors (Lipinski definition) is 1. The molecule has 2 aliphatic rings. The molecule has 1 amide bonds. The second kappa shape index (κ2) is 6.68. The fraction of sp³-hybridized carbons (Fsp3) is 0.300. The number of rotatable bonds is 5. The number of nitrogens with zero attached hydrogens (tertiary/aromatic N) is 2. The van der Waals surface area contributed by atoms with Gasteiger partial charge in [0.25, 0.3) is 11.5 Å². The standard InChI is InChI=1S/C20H21N3O2S/c1-13-18(19(21)25)26-20(23(13)12-14-5-3-2-4-6-14)22-10-9-16(11-17(22)24)15-7-8-15/h2-6,9-11,15,20H,7-8,12H2,1H3,(H2,21,25). The van der Waals surface area contributed by atoms with E-state index in [1.54, 1.807) is 10.6 Å². The summed E-state index contributed by atoms with van der Waals surface area (Å²) in [6, 6.07) is 13.8. The molecule has 1 aromatic heterocycles. The van der Waals surface area contributed by atoms with Gasteiger partial charge >= 0.3 is 0 Å². The van der Waals surface area contributed by atoms with Gasteiger partial charge in [0, 0.05) is 24.5 Å². The average Bonchev–Trinajstić information content (AvgIpc) is 3.42. The molecular weight excluding hydrogens is 346 g/mol. The molecule has 2 aromatic rings. The highest BCUT2D eigenvalue weighted by molar-refractivity contribution is 8.04. The Balaban J connectivity index is 1.69. The van der Waals surface area contributed by atoms with Crippen LogP contribution in [0.1, 0.15) is 42.3 Å². The van der Waals surface area contributed by atoms with Crippen LogP contribution in [-0.4, -0.2) is 15.4 Å². The topological polar surface area (TPSA) is 68.3 Å². The quantitative estimate of drug-likeness (QED) is 0.881. The number of hydrogen-bond acceptors (Lipinski definition) is 4. The van der Waals surface area contributed by atoms with Crippen molar-refractivity contribution >= 4 is 17.7 Å².